The van der Waals surface area contributed by atoms with Crippen molar-refractivity contribution >= 4 is 29.3 Å². The highest BCUT2D eigenvalue weighted by Gasteiger charge is 2.45. The van der Waals surface area contributed by atoms with Crippen LogP contribution >= 0.6 is 11.8 Å². The lowest BCUT2D eigenvalue weighted by atomic mass is 10.1. The number of anilines is 1. The van der Waals surface area contributed by atoms with Crippen LogP contribution in [0.1, 0.15) is 12.6 Å². The summed E-state index contributed by atoms with van der Waals surface area (Å²) in [6, 6.07) is 12.9. The lowest BCUT2D eigenvalue weighted by Crippen LogP contribution is -2.51. The summed E-state index contributed by atoms with van der Waals surface area (Å²) in [7, 11) is 0. The summed E-state index contributed by atoms with van der Waals surface area (Å²) >= 11 is 1.27. The molecule has 2 aromatic rings. The molecule has 0 fully saturated rings. The van der Waals surface area contributed by atoms with Crippen molar-refractivity contribution in [2.45, 2.75) is 23.1 Å². The van der Waals surface area contributed by atoms with Gasteiger partial charge in [-0.1, -0.05) is 30.0 Å². The molecule has 1 atom stereocenters. The number of fused-ring (bicyclic) bond motifs is 1. The van der Waals surface area contributed by atoms with Gasteiger partial charge in [-0.3, -0.25) is 14.6 Å². The highest BCUT2D eigenvalue weighted by Crippen LogP contribution is 2.42. The van der Waals surface area contributed by atoms with E-state index < -0.39 is 4.75 Å². The molecule has 0 unspecified atom stereocenters. The zero-order chi connectivity index (χ0) is 15.6. The molecule has 0 bridgehead atoms. The first kappa shape index (κ1) is 14.6. The Morgan fingerprint density at radius 1 is 1.27 bits per heavy atom. The molecule has 0 radical (unpaired) electrons. The van der Waals surface area contributed by atoms with Crippen LogP contribution in [0.5, 0.6) is 0 Å². The number of nitrogens with zero attached hydrogens (tertiary/aromatic N) is 1. The molecular formula is C16H15N3O2S. The highest BCUT2D eigenvalue weighted by molar-refractivity contribution is 8.02. The molecule has 2 heterocycles. The minimum absolute atomic E-state index is 0.296. The number of pyridine rings is 1. The van der Waals surface area contributed by atoms with Crippen molar-refractivity contribution in [3.63, 3.8) is 0 Å². The van der Waals surface area contributed by atoms with Crippen molar-refractivity contribution in [3.8, 4) is 0 Å². The summed E-state index contributed by atoms with van der Waals surface area (Å²) in [6.45, 7) is 1.93. The average molecular weight is 313 g/mol. The van der Waals surface area contributed by atoms with Crippen LogP contribution in [0.15, 0.2) is 53.6 Å². The predicted octanol–water partition coefficient (Wildman–Crippen LogP) is 2.20. The second-order valence-electron chi connectivity index (χ2n) is 5.09. The molecule has 0 spiro atoms. The average Bonchev–Trinajstić information content (AvgIpc) is 2.54. The normalized spacial score (nSPS) is 20.0. The van der Waals surface area contributed by atoms with Crippen LogP contribution in [-0.2, 0) is 16.1 Å². The second-order valence-corrected chi connectivity index (χ2v) is 6.55. The fourth-order valence-corrected chi connectivity index (χ4v) is 3.28. The van der Waals surface area contributed by atoms with Crippen LogP contribution in [0.4, 0.5) is 5.69 Å². The molecule has 112 valence electrons. The zero-order valence-corrected chi connectivity index (χ0v) is 12.8. The number of hydrogen-bond acceptors (Lipinski definition) is 4. The molecule has 1 aromatic heterocycles. The molecule has 3 rings (SSSR count). The monoisotopic (exact) mass is 313 g/mol. The van der Waals surface area contributed by atoms with Crippen molar-refractivity contribution in [1.82, 2.24) is 10.3 Å². The number of rotatable bonds is 3. The van der Waals surface area contributed by atoms with Gasteiger partial charge in [-0.05, 0) is 31.2 Å². The maximum Gasteiger partial charge on any atom is 0.250 e. The fraction of sp³-hybridized carbons (Fsp3) is 0.188. The van der Waals surface area contributed by atoms with E-state index in [1.165, 1.54) is 11.8 Å². The zero-order valence-electron chi connectivity index (χ0n) is 12.0. The number of nitrogens with one attached hydrogen (secondary N) is 2. The first-order chi connectivity index (χ1) is 10.6. The Morgan fingerprint density at radius 3 is 2.82 bits per heavy atom. The Kier molecular flexibility index (Phi) is 3.85. The number of carbonyl (C=O) groups is 2. The third-order valence-corrected chi connectivity index (χ3v) is 4.83. The van der Waals surface area contributed by atoms with E-state index in [-0.39, 0.29) is 11.8 Å². The van der Waals surface area contributed by atoms with Gasteiger partial charge in [0.25, 0.3) is 0 Å². The summed E-state index contributed by atoms with van der Waals surface area (Å²) in [5.74, 6) is -0.634. The van der Waals surface area contributed by atoms with E-state index >= 15 is 0 Å². The molecule has 1 aliphatic heterocycles. The van der Waals surface area contributed by atoms with E-state index in [0.29, 0.717) is 6.54 Å². The number of thioether (sulfide) groups is 1. The molecule has 0 aliphatic carbocycles. The maximum absolute atomic E-state index is 12.5. The number of hydrogen-bond donors (Lipinski definition) is 2. The van der Waals surface area contributed by atoms with E-state index in [1.54, 1.807) is 13.1 Å². The molecule has 0 saturated carbocycles. The van der Waals surface area contributed by atoms with Crippen LogP contribution in [0, 0.1) is 0 Å². The van der Waals surface area contributed by atoms with E-state index in [0.717, 1.165) is 16.3 Å². The van der Waals surface area contributed by atoms with Gasteiger partial charge in [0.1, 0.15) is 0 Å². The van der Waals surface area contributed by atoms with Crippen molar-refractivity contribution in [3.05, 3.63) is 54.4 Å². The molecule has 0 saturated heterocycles. The molecule has 1 aliphatic rings. The smallest absolute Gasteiger partial charge is 0.250 e. The van der Waals surface area contributed by atoms with Gasteiger partial charge in [-0.25, -0.2) is 0 Å². The fourth-order valence-electron chi connectivity index (χ4n) is 2.16. The molecule has 2 N–H and O–H groups in total. The standard InChI is InChI=1S/C16H15N3O2S/c1-16(14(20)18-10-11-6-4-5-9-17-11)15(21)19-12-7-2-3-8-13(12)22-16/h2-9H,10H2,1H3,(H,18,20)(H,19,21)/t16-/m1/s1. The van der Waals surface area contributed by atoms with Crippen molar-refractivity contribution in [1.29, 1.82) is 0 Å². The molecule has 2 amide bonds. The van der Waals surface area contributed by atoms with E-state index in [1.807, 2.05) is 42.5 Å². The largest absolute Gasteiger partial charge is 0.349 e. The number of aromatic nitrogens is 1. The van der Waals surface area contributed by atoms with E-state index in [9.17, 15) is 9.59 Å². The third kappa shape index (κ3) is 2.69. The molecular weight excluding hydrogens is 298 g/mol. The lowest BCUT2D eigenvalue weighted by molar-refractivity contribution is -0.130. The number of carbonyl (C=O) groups excluding carboxylic acids is 2. The summed E-state index contributed by atoms with van der Waals surface area (Å²) in [5, 5.41) is 5.58. The Labute approximate surface area is 132 Å². The van der Waals surface area contributed by atoms with Crippen LogP contribution in [0.25, 0.3) is 0 Å². The minimum Gasteiger partial charge on any atom is -0.349 e. The third-order valence-electron chi connectivity index (χ3n) is 3.47. The number of amides is 2. The first-order valence-electron chi connectivity index (χ1n) is 6.87. The van der Waals surface area contributed by atoms with E-state index in [2.05, 4.69) is 15.6 Å². The van der Waals surface area contributed by atoms with Crippen LogP contribution in [-0.4, -0.2) is 21.5 Å². The summed E-state index contributed by atoms with van der Waals surface area (Å²) in [5.41, 5.74) is 1.49. The quantitative estimate of drug-likeness (QED) is 0.852. The second kappa shape index (κ2) is 5.81. The molecule has 6 heteroatoms. The molecule has 22 heavy (non-hydrogen) atoms. The van der Waals surface area contributed by atoms with Gasteiger partial charge in [0.05, 0.1) is 17.9 Å². The summed E-state index contributed by atoms with van der Waals surface area (Å²) in [6.07, 6.45) is 1.67. The Bertz CT molecular complexity index is 720. The lowest BCUT2D eigenvalue weighted by Gasteiger charge is -2.31. The maximum atomic E-state index is 12.5. The van der Waals surface area contributed by atoms with Gasteiger partial charge in [0.15, 0.2) is 4.75 Å². The van der Waals surface area contributed by atoms with Gasteiger partial charge in [-0.15, -0.1) is 0 Å². The number of para-hydroxylation sites is 1. The van der Waals surface area contributed by atoms with Gasteiger partial charge < -0.3 is 10.6 Å². The summed E-state index contributed by atoms with van der Waals surface area (Å²) in [4.78, 5) is 29.9. The summed E-state index contributed by atoms with van der Waals surface area (Å²) < 4.78 is -1.19. The van der Waals surface area contributed by atoms with Crippen molar-refractivity contribution in [2.24, 2.45) is 0 Å². The van der Waals surface area contributed by atoms with Gasteiger partial charge in [-0.2, -0.15) is 0 Å². The van der Waals surface area contributed by atoms with Crippen LogP contribution < -0.4 is 10.6 Å². The van der Waals surface area contributed by atoms with Gasteiger partial charge in [0, 0.05) is 11.1 Å². The van der Waals surface area contributed by atoms with Crippen LogP contribution in [0.2, 0.25) is 0 Å². The van der Waals surface area contributed by atoms with E-state index in [4.69, 9.17) is 0 Å². The molecule has 1 aromatic carbocycles. The SMILES string of the molecule is C[C@]1(C(=O)NCc2ccccn2)Sc2ccccc2NC1=O. The topological polar surface area (TPSA) is 71.1 Å². The van der Waals surface area contributed by atoms with Gasteiger partial charge in [0.2, 0.25) is 11.8 Å². The Hall–Kier alpha value is -2.34. The highest BCUT2D eigenvalue weighted by atomic mass is 32.2. The van der Waals surface area contributed by atoms with Crippen molar-refractivity contribution in [2.75, 3.05) is 5.32 Å². The van der Waals surface area contributed by atoms with Gasteiger partial charge >= 0.3 is 0 Å². The minimum atomic E-state index is -1.19. The Morgan fingerprint density at radius 2 is 2.05 bits per heavy atom. The Balaban J connectivity index is 1.75. The van der Waals surface area contributed by atoms with Crippen molar-refractivity contribution < 1.29 is 9.59 Å². The first-order valence-corrected chi connectivity index (χ1v) is 7.69. The predicted molar refractivity (Wildman–Crippen MR) is 85.4 cm³/mol. The molecule has 5 nitrogen and oxygen atoms in total. The van der Waals surface area contributed by atoms with Crippen LogP contribution in [0.3, 0.4) is 0 Å². The number of benzene rings is 1.